The third kappa shape index (κ3) is 2.55. The van der Waals surface area contributed by atoms with Gasteiger partial charge in [0.15, 0.2) is 0 Å². The maximum Gasteiger partial charge on any atom is 0.133 e. The van der Waals surface area contributed by atoms with Crippen LogP contribution in [0.4, 0.5) is 4.39 Å². The second kappa shape index (κ2) is 5.15. The summed E-state index contributed by atoms with van der Waals surface area (Å²) in [5.41, 5.74) is 0.744. The lowest BCUT2D eigenvalue weighted by Crippen LogP contribution is -2.11. The van der Waals surface area contributed by atoms with Gasteiger partial charge in [0.1, 0.15) is 11.6 Å². The van der Waals surface area contributed by atoms with E-state index >= 15 is 0 Å². The fraction of sp³-hybridized carbons (Fsp3) is 0.500. The average Bonchev–Trinajstić information content (AvgIpc) is 2.75. The van der Waals surface area contributed by atoms with Crippen LogP contribution >= 0.6 is 15.9 Å². The molecule has 1 heterocycles. The van der Waals surface area contributed by atoms with E-state index in [-0.39, 0.29) is 5.82 Å². The first-order chi connectivity index (χ1) is 7.70. The first-order valence-corrected chi connectivity index (χ1v) is 6.22. The molecule has 0 bridgehead atoms. The van der Waals surface area contributed by atoms with E-state index in [0.717, 1.165) is 31.5 Å². The molecule has 0 aromatic heterocycles. The molecule has 2 nitrogen and oxygen atoms in total. The monoisotopic (exact) mass is 287 g/mol. The molecule has 1 aliphatic rings. The van der Waals surface area contributed by atoms with Crippen LogP contribution in [-0.2, 0) is 6.42 Å². The number of methoxy groups -OCH3 is 1. The molecule has 1 aromatic carbocycles. The Morgan fingerprint density at radius 1 is 1.56 bits per heavy atom. The molecule has 1 N–H and O–H groups in total. The van der Waals surface area contributed by atoms with Gasteiger partial charge in [-0.2, -0.15) is 0 Å². The van der Waals surface area contributed by atoms with Crippen LogP contribution in [0.15, 0.2) is 16.6 Å². The normalized spacial score (nSPS) is 20.1. The maximum atomic E-state index is 13.7. The minimum Gasteiger partial charge on any atom is -0.496 e. The lowest BCUT2D eigenvalue weighted by molar-refractivity contribution is 0.409. The van der Waals surface area contributed by atoms with Gasteiger partial charge in [-0.25, -0.2) is 4.39 Å². The standard InChI is InChI=1S/C12H15BrFNO/c1-16-12-5-9(11(14)6-10(12)13)4-8-2-3-15-7-8/h5-6,8,15H,2-4,7H2,1H3. The molecule has 2 rings (SSSR count). The van der Waals surface area contributed by atoms with Gasteiger partial charge in [0.05, 0.1) is 11.6 Å². The molecular weight excluding hydrogens is 273 g/mol. The smallest absolute Gasteiger partial charge is 0.133 e. The van der Waals surface area contributed by atoms with Crippen molar-refractivity contribution in [2.45, 2.75) is 12.8 Å². The first-order valence-electron chi connectivity index (χ1n) is 5.43. The van der Waals surface area contributed by atoms with Crippen molar-refractivity contribution in [3.63, 3.8) is 0 Å². The highest BCUT2D eigenvalue weighted by Crippen LogP contribution is 2.29. The Morgan fingerprint density at radius 2 is 2.38 bits per heavy atom. The number of halogens is 2. The highest BCUT2D eigenvalue weighted by Gasteiger charge is 2.18. The summed E-state index contributed by atoms with van der Waals surface area (Å²) in [6.45, 7) is 2.03. The van der Waals surface area contributed by atoms with Crippen LogP contribution in [0.2, 0.25) is 0 Å². The molecule has 0 amide bonds. The van der Waals surface area contributed by atoms with Gasteiger partial charge in [-0.1, -0.05) is 0 Å². The minimum atomic E-state index is -0.153. The van der Waals surface area contributed by atoms with Crippen LogP contribution in [0.25, 0.3) is 0 Å². The molecule has 1 unspecified atom stereocenters. The van der Waals surface area contributed by atoms with Crippen molar-refractivity contribution >= 4 is 15.9 Å². The molecule has 0 spiro atoms. The average molecular weight is 288 g/mol. The molecule has 1 fully saturated rings. The zero-order valence-electron chi connectivity index (χ0n) is 9.22. The summed E-state index contributed by atoms with van der Waals surface area (Å²) in [6, 6.07) is 3.27. The molecule has 0 saturated carbocycles. The molecule has 0 aliphatic carbocycles. The van der Waals surface area contributed by atoms with Crippen molar-refractivity contribution in [2.24, 2.45) is 5.92 Å². The van der Waals surface area contributed by atoms with Crippen molar-refractivity contribution in [1.29, 1.82) is 0 Å². The van der Waals surface area contributed by atoms with E-state index in [0.29, 0.717) is 16.1 Å². The molecule has 88 valence electrons. The number of nitrogens with one attached hydrogen (secondary N) is 1. The van der Waals surface area contributed by atoms with Gasteiger partial charge in [-0.05, 0) is 65.5 Å². The molecule has 1 saturated heterocycles. The van der Waals surface area contributed by atoms with Gasteiger partial charge >= 0.3 is 0 Å². The lowest BCUT2D eigenvalue weighted by atomic mass is 9.98. The van der Waals surface area contributed by atoms with Gasteiger partial charge in [-0.3, -0.25) is 0 Å². The van der Waals surface area contributed by atoms with E-state index in [1.807, 2.05) is 0 Å². The molecule has 0 radical (unpaired) electrons. The van der Waals surface area contributed by atoms with Crippen LogP contribution in [-0.4, -0.2) is 20.2 Å². The van der Waals surface area contributed by atoms with Crippen LogP contribution in [0.1, 0.15) is 12.0 Å². The molecule has 16 heavy (non-hydrogen) atoms. The first kappa shape index (κ1) is 11.9. The summed E-state index contributed by atoms with van der Waals surface area (Å²) in [4.78, 5) is 0. The van der Waals surface area contributed by atoms with Crippen LogP contribution in [0, 0.1) is 11.7 Å². The number of ether oxygens (including phenoxy) is 1. The van der Waals surface area contributed by atoms with Gasteiger partial charge in [0, 0.05) is 0 Å². The topological polar surface area (TPSA) is 21.3 Å². The molecule has 1 aromatic rings. The Labute approximate surface area is 103 Å². The van der Waals surface area contributed by atoms with E-state index in [4.69, 9.17) is 4.74 Å². The Bertz CT molecular complexity index is 378. The van der Waals surface area contributed by atoms with E-state index in [1.165, 1.54) is 6.07 Å². The molecule has 1 aliphatic heterocycles. The van der Waals surface area contributed by atoms with Gasteiger partial charge in [0.25, 0.3) is 0 Å². The third-order valence-corrected chi connectivity index (χ3v) is 3.61. The third-order valence-electron chi connectivity index (χ3n) is 2.99. The van der Waals surface area contributed by atoms with Crippen LogP contribution < -0.4 is 10.1 Å². The van der Waals surface area contributed by atoms with Crippen molar-refractivity contribution in [2.75, 3.05) is 20.2 Å². The van der Waals surface area contributed by atoms with Crippen molar-refractivity contribution in [1.82, 2.24) is 5.32 Å². The number of rotatable bonds is 3. The summed E-state index contributed by atoms with van der Waals surface area (Å²) in [7, 11) is 1.60. The van der Waals surface area contributed by atoms with E-state index < -0.39 is 0 Å². The van der Waals surface area contributed by atoms with E-state index in [2.05, 4.69) is 21.2 Å². The Morgan fingerprint density at radius 3 is 3.00 bits per heavy atom. The van der Waals surface area contributed by atoms with Crippen molar-refractivity contribution in [3.8, 4) is 5.75 Å². The Hall–Kier alpha value is -0.610. The van der Waals surface area contributed by atoms with Crippen molar-refractivity contribution < 1.29 is 9.13 Å². The second-order valence-corrected chi connectivity index (χ2v) is 5.00. The Kier molecular flexibility index (Phi) is 3.82. The van der Waals surface area contributed by atoms with E-state index in [1.54, 1.807) is 13.2 Å². The number of hydrogen-bond acceptors (Lipinski definition) is 2. The fourth-order valence-electron chi connectivity index (χ4n) is 2.08. The fourth-order valence-corrected chi connectivity index (χ4v) is 2.56. The predicted molar refractivity (Wildman–Crippen MR) is 65.3 cm³/mol. The highest BCUT2D eigenvalue weighted by molar-refractivity contribution is 9.10. The summed E-state index contributed by atoms with van der Waals surface area (Å²) >= 11 is 3.28. The largest absolute Gasteiger partial charge is 0.496 e. The summed E-state index contributed by atoms with van der Waals surface area (Å²) in [5, 5.41) is 3.29. The summed E-state index contributed by atoms with van der Waals surface area (Å²) in [5.74, 6) is 1.09. The van der Waals surface area contributed by atoms with Gasteiger partial charge in [0.2, 0.25) is 0 Å². The van der Waals surface area contributed by atoms with Gasteiger partial charge in [-0.15, -0.1) is 0 Å². The zero-order valence-corrected chi connectivity index (χ0v) is 10.8. The summed E-state index contributed by atoms with van der Waals surface area (Å²) < 4.78 is 19.6. The minimum absolute atomic E-state index is 0.153. The highest BCUT2D eigenvalue weighted by atomic mass is 79.9. The summed E-state index contributed by atoms with van der Waals surface area (Å²) in [6.07, 6.45) is 1.90. The maximum absolute atomic E-state index is 13.7. The molecule has 4 heteroatoms. The number of hydrogen-bond donors (Lipinski definition) is 1. The second-order valence-electron chi connectivity index (χ2n) is 4.14. The SMILES string of the molecule is COc1cc(CC2CCNC2)c(F)cc1Br. The zero-order chi connectivity index (χ0) is 11.5. The van der Waals surface area contributed by atoms with Crippen molar-refractivity contribution in [3.05, 3.63) is 28.0 Å². The molecule has 1 atom stereocenters. The van der Waals surface area contributed by atoms with Crippen LogP contribution in [0.5, 0.6) is 5.75 Å². The predicted octanol–water partition coefficient (Wildman–Crippen LogP) is 2.75. The lowest BCUT2D eigenvalue weighted by Gasteiger charge is -2.11. The van der Waals surface area contributed by atoms with E-state index in [9.17, 15) is 4.39 Å². The Balaban J connectivity index is 2.18. The van der Waals surface area contributed by atoms with Crippen LogP contribution in [0.3, 0.4) is 0 Å². The molecular formula is C12H15BrFNO. The number of benzene rings is 1. The van der Waals surface area contributed by atoms with Gasteiger partial charge < -0.3 is 10.1 Å². The quantitative estimate of drug-likeness (QED) is 0.923.